The number of sulfonamides is 1. The van der Waals surface area contributed by atoms with E-state index in [1.165, 1.54) is 18.4 Å². The van der Waals surface area contributed by atoms with Crippen LogP contribution in [0.15, 0.2) is 46.2 Å². The van der Waals surface area contributed by atoms with Crippen LogP contribution in [0.2, 0.25) is 0 Å². The van der Waals surface area contributed by atoms with E-state index in [-0.39, 0.29) is 24.1 Å². The molecule has 0 saturated heterocycles. The molecule has 0 aliphatic carbocycles. The summed E-state index contributed by atoms with van der Waals surface area (Å²) in [5.74, 6) is 1.88. The lowest BCUT2D eigenvalue weighted by Gasteiger charge is -2.30. The van der Waals surface area contributed by atoms with Crippen LogP contribution >= 0.6 is 11.8 Å². The van der Waals surface area contributed by atoms with Gasteiger partial charge in [-0.2, -0.15) is 0 Å². The van der Waals surface area contributed by atoms with Gasteiger partial charge in [-0.05, 0) is 30.3 Å². The van der Waals surface area contributed by atoms with Crippen molar-refractivity contribution in [1.82, 2.24) is 4.31 Å². The average Bonchev–Trinajstić information content (AvgIpc) is 3.15. The first-order valence-corrected chi connectivity index (χ1v) is 11.4. The molecule has 0 radical (unpaired) electrons. The van der Waals surface area contributed by atoms with Crippen molar-refractivity contribution in [3.63, 3.8) is 0 Å². The van der Waals surface area contributed by atoms with Crippen molar-refractivity contribution in [2.75, 3.05) is 49.9 Å². The van der Waals surface area contributed by atoms with E-state index < -0.39 is 10.0 Å². The van der Waals surface area contributed by atoms with Gasteiger partial charge >= 0.3 is 0 Å². The Labute approximate surface area is 173 Å². The molecule has 0 unspecified atom stereocenters. The van der Waals surface area contributed by atoms with Crippen LogP contribution in [0.3, 0.4) is 0 Å². The highest BCUT2D eigenvalue weighted by Gasteiger charge is 2.24. The van der Waals surface area contributed by atoms with E-state index in [9.17, 15) is 13.2 Å². The zero-order chi connectivity index (χ0) is 20.6. The molecule has 0 saturated carbocycles. The highest BCUT2D eigenvalue weighted by atomic mass is 32.2. The molecule has 10 heteroatoms. The molecule has 0 atom stereocenters. The predicted molar refractivity (Wildman–Crippen MR) is 111 cm³/mol. The largest absolute Gasteiger partial charge is 0.454 e. The molecular weight excluding hydrogens is 414 g/mol. The highest BCUT2D eigenvalue weighted by Crippen LogP contribution is 2.37. The first-order chi connectivity index (χ1) is 13.8. The molecule has 0 bridgehead atoms. The molecule has 154 valence electrons. The van der Waals surface area contributed by atoms with E-state index in [1.807, 2.05) is 4.90 Å². The minimum Gasteiger partial charge on any atom is -0.454 e. The second-order valence-electron chi connectivity index (χ2n) is 6.80. The second kappa shape index (κ2) is 7.77. The number of hydrogen-bond donors (Lipinski definition) is 1. The summed E-state index contributed by atoms with van der Waals surface area (Å²) in [6.45, 7) is 0.943. The van der Waals surface area contributed by atoms with Crippen LogP contribution in [-0.4, -0.2) is 58.4 Å². The normalized spacial score (nSPS) is 15.3. The fraction of sp³-hybridized carbons (Fsp3) is 0.316. The number of hydrogen-bond acceptors (Lipinski definition) is 7. The van der Waals surface area contributed by atoms with Crippen LogP contribution in [0.25, 0.3) is 0 Å². The number of anilines is 2. The fourth-order valence-electron chi connectivity index (χ4n) is 3.14. The van der Waals surface area contributed by atoms with E-state index in [2.05, 4.69) is 5.32 Å². The highest BCUT2D eigenvalue weighted by molar-refractivity contribution is 7.99. The Balaban J connectivity index is 1.52. The maximum atomic E-state index is 12.6. The van der Waals surface area contributed by atoms with Gasteiger partial charge in [0.2, 0.25) is 22.7 Å². The molecule has 2 aliphatic heterocycles. The van der Waals surface area contributed by atoms with Gasteiger partial charge in [-0.3, -0.25) is 4.79 Å². The minimum atomic E-state index is -3.55. The summed E-state index contributed by atoms with van der Waals surface area (Å²) in [6.07, 6.45) is 0. The number of thioether (sulfide) groups is 1. The standard InChI is InChI=1S/C19H21N3O5S2/c1-21(2)29(24,25)14-4-6-18-15(10-14)22(7-8-28-18)11-19(23)20-13-3-5-16-17(9-13)27-12-26-16/h3-6,9-10H,7-8,11-12H2,1-2H3,(H,20,23). The van der Waals surface area contributed by atoms with E-state index in [0.717, 1.165) is 16.3 Å². The third-order valence-electron chi connectivity index (χ3n) is 4.66. The number of carbonyl (C=O) groups is 1. The van der Waals surface area contributed by atoms with Crippen LogP contribution in [0, 0.1) is 0 Å². The summed E-state index contributed by atoms with van der Waals surface area (Å²) in [4.78, 5) is 15.7. The molecule has 0 spiro atoms. The Morgan fingerprint density at radius 1 is 1.17 bits per heavy atom. The van der Waals surface area contributed by atoms with Gasteiger partial charge in [0.15, 0.2) is 11.5 Å². The Morgan fingerprint density at radius 3 is 2.76 bits per heavy atom. The molecule has 2 aliphatic rings. The lowest BCUT2D eigenvalue weighted by atomic mass is 10.2. The number of amides is 1. The second-order valence-corrected chi connectivity index (χ2v) is 10.1. The van der Waals surface area contributed by atoms with E-state index in [4.69, 9.17) is 9.47 Å². The zero-order valence-electron chi connectivity index (χ0n) is 16.0. The van der Waals surface area contributed by atoms with Crippen LogP contribution in [0.1, 0.15) is 0 Å². The van der Waals surface area contributed by atoms with Gasteiger partial charge in [0.25, 0.3) is 0 Å². The van der Waals surface area contributed by atoms with Crippen molar-refractivity contribution in [3.05, 3.63) is 36.4 Å². The zero-order valence-corrected chi connectivity index (χ0v) is 17.7. The van der Waals surface area contributed by atoms with Gasteiger partial charge in [-0.15, -0.1) is 11.8 Å². The molecule has 0 aromatic heterocycles. The molecule has 2 aromatic rings. The van der Waals surface area contributed by atoms with Crippen molar-refractivity contribution < 1.29 is 22.7 Å². The Kier molecular flexibility index (Phi) is 5.32. The van der Waals surface area contributed by atoms with Crippen LogP contribution < -0.4 is 19.7 Å². The predicted octanol–water partition coefficient (Wildman–Crippen LogP) is 2.22. The first kappa shape index (κ1) is 19.9. The Hall–Kier alpha value is -2.43. The Morgan fingerprint density at radius 2 is 1.97 bits per heavy atom. The van der Waals surface area contributed by atoms with Crippen LogP contribution in [0.5, 0.6) is 11.5 Å². The molecule has 1 amide bonds. The number of rotatable bonds is 5. The van der Waals surface area contributed by atoms with Gasteiger partial charge in [-0.25, -0.2) is 12.7 Å². The summed E-state index contributed by atoms with van der Waals surface area (Å²) in [7, 11) is -0.545. The number of carbonyl (C=O) groups excluding carboxylic acids is 1. The maximum absolute atomic E-state index is 12.6. The molecule has 0 fully saturated rings. The van der Waals surface area contributed by atoms with Gasteiger partial charge in [-0.1, -0.05) is 0 Å². The summed E-state index contributed by atoms with van der Waals surface area (Å²) in [5, 5.41) is 2.86. The monoisotopic (exact) mass is 435 g/mol. The minimum absolute atomic E-state index is 0.119. The number of fused-ring (bicyclic) bond motifs is 2. The topological polar surface area (TPSA) is 88.2 Å². The summed E-state index contributed by atoms with van der Waals surface area (Å²) in [6, 6.07) is 10.3. The number of nitrogens with one attached hydrogen (secondary N) is 1. The van der Waals surface area contributed by atoms with Crippen molar-refractivity contribution in [3.8, 4) is 11.5 Å². The first-order valence-electron chi connectivity index (χ1n) is 8.98. The lowest BCUT2D eigenvalue weighted by Crippen LogP contribution is -2.37. The van der Waals surface area contributed by atoms with E-state index >= 15 is 0 Å². The summed E-state index contributed by atoms with van der Waals surface area (Å²) < 4.78 is 36.8. The summed E-state index contributed by atoms with van der Waals surface area (Å²) >= 11 is 1.65. The van der Waals surface area contributed by atoms with Crippen molar-refractivity contribution in [2.24, 2.45) is 0 Å². The van der Waals surface area contributed by atoms with Gasteiger partial charge in [0, 0.05) is 43.0 Å². The SMILES string of the molecule is CN(C)S(=O)(=O)c1ccc2c(c1)N(CC(=O)Nc1ccc3c(c1)OCO3)CCS2. The van der Waals surface area contributed by atoms with Gasteiger partial charge in [0.1, 0.15) is 0 Å². The third-order valence-corrected chi connectivity index (χ3v) is 7.51. The lowest BCUT2D eigenvalue weighted by molar-refractivity contribution is -0.115. The van der Waals surface area contributed by atoms with E-state index in [1.54, 1.807) is 48.2 Å². The van der Waals surface area contributed by atoms with E-state index in [0.29, 0.717) is 23.7 Å². The molecule has 2 heterocycles. The van der Waals surface area contributed by atoms with Crippen LogP contribution in [-0.2, 0) is 14.8 Å². The van der Waals surface area contributed by atoms with Gasteiger partial charge in [0.05, 0.1) is 17.1 Å². The van der Waals surface area contributed by atoms with Crippen LogP contribution in [0.4, 0.5) is 11.4 Å². The summed E-state index contributed by atoms with van der Waals surface area (Å²) in [5.41, 5.74) is 1.37. The quantitative estimate of drug-likeness (QED) is 0.770. The maximum Gasteiger partial charge on any atom is 0.243 e. The van der Waals surface area contributed by atoms with Crippen molar-refractivity contribution in [2.45, 2.75) is 9.79 Å². The van der Waals surface area contributed by atoms with Crippen molar-refractivity contribution >= 4 is 39.1 Å². The third kappa shape index (κ3) is 4.00. The molecule has 29 heavy (non-hydrogen) atoms. The smallest absolute Gasteiger partial charge is 0.243 e. The number of benzene rings is 2. The van der Waals surface area contributed by atoms with Gasteiger partial charge < -0.3 is 19.7 Å². The fourth-order valence-corrected chi connectivity index (χ4v) is 5.09. The number of ether oxygens (including phenoxy) is 2. The van der Waals surface area contributed by atoms with Crippen molar-refractivity contribution in [1.29, 1.82) is 0 Å². The molecule has 8 nitrogen and oxygen atoms in total. The molecular formula is C19H21N3O5S2. The number of nitrogens with zero attached hydrogens (tertiary/aromatic N) is 2. The molecule has 4 rings (SSSR count). The average molecular weight is 436 g/mol. The Bertz CT molecular complexity index is 1060. The molecule has 1 N–H and O–H groups in total. The molecule has 2 aromatic carbocycles.